The normalized spacial score (nSPS) is 14.6. The quantitative estimate of drug-likeness (QED) is 0.762. The second-order valence-electron chi connectivity index (χ2n) is 5.45. The maximum absolute atomic E-state index is 12.9. The van der Waals surface area contributed by atoms with Crippen molar-refractivity contribution >= 4 is 11.6 Å². The van der Waals surface area contributed by atoms with Crippen LogP contribution in [-0.4, -0.2) is 17.6 Å². The van der Waals surface area contributed by atoms with E-state index in [1.165, 1.54) is 0 Å². The summed E-state index contributed by atoms with van der Waals surface area (Å²) in [7, 11) is 0. The van der Waals surface area contributed by atoms with E-state index in [-0.39, 0.29) is 17.7 Å². The third kappa shape index (κ3) is 5.81. The van der Waals surface area contributed by atoms with Gasteiger partial charge in [-0.2, -0.15) is 13.2 Å². The van der Waals surface area contributed by atoms with Crippen LogP contribution in [0, 0.1) is 5.92 Å². The summed E-state index contributed by atoms with van der Waals surface area (Å²) < 4.78 is 38.7. The zero-order chi connectivity index (χ0) is 16.0. The largest absolute Gasteiger partial charge is 0.416 e. The molecule has 0 saturated heterocycles. The molecule has 1 aromatic rings. The van der Waals surface area contributed by atoms with E-state index in [0.717, 1.165) is 25.0 Å². The van der Waals surface area contributed by atoms with Crippen LogP contribution in [0.1, 0.15) is 46.1 Å². The van der Waals surface area contributed by atoms with Crippen molar-refractivity contribution < 1.29 is 13.2 Å². The molecule has 3 nitrogen and oxygen atoms in total. The van der Waals surface area contributed by atoms with Gasteiger partial charge in [0.15, 0.2) is 0 Å². The van der Waals surface area contributed by atoms with Crippen molar-refractivity contribution in [2.24, 2.45) is 5.92 Å². The third-order valence-electron chi connectivity index (χ3n) is 3.36. The van der Waals surface area contributed by atoms with E-state index >= 15 is 0 Å². The molecule has 6 heteroatoms. The van der Waals surface area contributed by atoms with Crippen molar-refractivity contribution in [2.75, 3.05) is 17.2 Å². The van der Waals surface area contributed by atoms with Crippen molar-refractivity contribution in [2.45, 2.75) is 52.8 Å². The number of halogens is 3. The first-order valence-electron chi connectivity index (χ1n) is 7.35. The lowest BCUT2D eigenvalue weighted by Gasteiger charge is -2.19. The van der Waals surface area contributed by atoms with Crippen LogP contribution in [0.15, 0.2) is 12.1 Å². The van der Waals surface area contributed by atoms with Crippen LogP contribution < -0.4 is 10.6 Å². The summed E-state index contributed by atoms with van der Waals surface area (Å²) in [5.74, 6) is 1.02. The predicted molar refractivity (Wildman–Crippen MR) is 80.6 cm³/mol. The van der Waals surface area contributed by atoms with Crippen molar-refractivity contribution in [3.63, 3.8) is 0 Å². The van der Waals surface area contributed by atoms with Gasteiger partial charge in [-0.1, -0.05) is 20.3 Å². The first-order chi connectivity index (χ1) is 9.76. The number of aromatic nitrogens is 1. The Kier molecular flexibility index (Phi) is 6.30. The van der Waals surface area contributed by atoms with Crippen LogP contribution in [-0.2, 0) is 6.18 Å². The molecule has 0 saturated carbocycles. The summed E-state index contributed by atoms with van der Waals surface area (Å²) in [5.41, 5.74) is -0.688. The van der Waals surface area contributed by atoms with Gasteiger partial charge in [-0.25, -0.2) is 4.98 Å². The SMILES string of the molecule is CCNc1cc(C(F)(F)F)cc(NC(C)CC(C)CC)n1. The number of hydrogen-bond acceptors (Lipinski definition) is 3. The highest BCUT2D eigenvalue weighted by atomic mass is 19.4. The van der Waals surface area contributed by atoms with Gasteiger partial charge in [-0.3, -0.25) is 0 Å². The Morgan fingerprint density at radius 1 is 1.14 bits per heavy atom. The van der Waals surface area contributed by atoms with E-state index in [0.29, 0.717) is 12.5 Å². The summed E-state index contributed by atoms with van der Waals surface area (Å²) in [6.07, 6.45) is -2.43. The highest BCUT2D eigenvalue weighted by molar-refractivity contribution is 5.50. The third-order valence-corrected chi connectivity index (χ3v) is 3.36. The summed E-state index contributed by atoms with van der Waals surface area (Å²) in [6.45, 7) is 8.53. The molecule has 21 heavy (non-hydrogen) atoms. The van der Waals surface area contributed by atoms with Gasteiger partial charge < -0.3 is 10.6 Å². The van der Waals surface area contributed by atoms with Gasteiger partial charge in [-0.15, -0.1) is 0 Å². The lowest BCUT2D eigenvalue weighted by molar-refractivity contribution is -0.137. The lowest BCUT2D eigenvalue weighted by atomic mass is 10.0. The number of alkyl halides is 3. The average Bonchev–Trinajstić information content (AvgIpc) is 2.37. The number of hydrogen-bond donors (Lipinski definition) is 2. The molecule has 1 rings (SSSR count). The van der Waals surface area contributed by atoms with Crippen LogP contribution in [0.5, 0.6) is 0 Å². The van der Waals surface area contributed by atoms with Gasteiger partial charge in [0.1, 0.15) is 11.6 Å². The molecule has 0 spiro atoms. The number of pyridine rings is 1. The Balaban J connectivity index is 2.92. The van der Waals surface area contributed by atoms with Gasteiger partial charge in [0, 0.05) is 12.6 Å². The van der Waals surface area contributed by atoms with E-state index in [2.05, 4.69) is 29.5 Å². The molecule has 0 amide bonds. The van der Waals surface area contributed by atoms with Gasteiger partial charge in [0.25, 0.3) is 0 Å². The monoisotopic (exact) mass is 303 g/mol. The average molecular weight is 303 g/mol. The summed E-state index contributed by atoms with van der Waals surface area (Å²) in [6, 6.07) is 2.17. The smallest absolute Gasteiger partial charge is 0.370 e. The highest BCUT2D eigenvalue weighted by Gasteiger charge is 2.31. The molecule has 0 radical (unpaired) electrons. The fraction of sp³-hybridized carbons (Fsp3) is 0.667. The van der Waals surface area contributed by atoms with Crippen LogP contribution >= 0.6 is 0 Å². The molecule has 0 aromatic carbocycles. The predicted octanol–water partition coefficient (Wildman–Crippen LogP) is 4.77. The zero-order valence-corrected chi connectivity index (χ0v) is 13.0. The maximum atomic E-state index is 12.9. The Morgan fingerprint density at radius 3 is 2.29 bits per heavy atom. The van der Waals surface area contributed by atoms with E-state index in [9.17, 15) is 13.2 Å². The number of nitrogens with zero attached hydrogens (tertiary/aromatic N) is 1. The minimum absolute atomic E-state index is 0.0745. The Bertz CT molecular complexity index is 446. The Labute approximate surface area is 124 Å². The van der Waals surface area contributed by atoms with E-state index in [1.807, 2.05) is 13.8 Å². The molecule has 0 aliphatic heterocycles. The van der Waals surface area contributed by atoms with Crippen LogP contribution in [0.2, 0.25) is 0 Å². The standard InChI is InChI=1S/C15H24F3N3/c1-5-10(3)7-11(4)20-14-9-12(15(16,17)18)8-13(21-14)19-6-2/h8-11H,5-7H2,1-4H3,(H2,19,20,21). The lowest BCUT2D eigenvalue weighted by Crippen LogP contribution is -2.20. The minimum Gasteiger partial charge on any atom is -0.370 e. The fourth-order valence-corrected chi connectivity index (χ4v) is 2.12. The molecular formula is C15H24F3N3. The zero-order valence-electron chi connectivity index (χ0n) is 13.0. The molecule has 0 fully saturated rings. The van der Waals surface area contributed by atoms with Crippen molar-refractivity contribution in [1.82, 2.24) is 4.98 Å². The molecule has 2 atom stereocenters. The molecule has 1 heterocycles. The molecule has 2 N–H and O–H groups in total. The highest BCUT2D eigenvalue weighted by Crippen LogP contribution is 2.32. The van der Waals surface area contributed by atoms with E-state index in [4.69, 9.17) is 0 Å². The van der Waals surface area contributed by atoms with Crippen LogP contribution in [0.3, 0.4) is 0 Å². The number of rotatable bonds is 7. The second-order valence-corrected chi connectivity index (χ2v) is 5.45. The van der Waals surface area contributed by atoms with Crippen LogP contribution in [0.25, 0.3) is 0 Å². The van der Waals surface area contributed by atoms with Gasteiger partial charge in [0.05, 0.1) is 5.56 Å². The molecule has 0 aliphatic rings. The molecule has 1 aromatic heterocycles. The molecule has 0 aliphatic carbocycles. The molecular weight excluding hydrogens is 279 g/mol. The topological polar surface area (TPSA) is 37.0 Å². The van der Waals surface area contributed by atoms with Gasteiger partial charge in [0.2, 0.25) is 0 Å². The van der Waals surface area contributed by atoms with Crippen molar-refractivity contribution in [3.05, 3.63) is 17.7 Å². The molecule has 120 valence electrons. The summed E-state index contributed by atoms with van der Waals surface area (Å²) >= 11 is 0. The van der Waals surface area contributed by atoms with Gasteiger partial charge >= 0.3 is 6.18 Å². The summed E-state index contributed by atoms with van der Waals surface area (Å²) in [5, 5.41) is 5.90. The second kappa shape index (κ2) is 7.52. The summed E-state index contributed by atoms with van der Waals surface area (Å²) in [4.78, 5) is 4.19. The molecule has 2 unspecified atom stereocenters. The first kappa shape index (κ1) is 17.6. The Morgan fingerprint density at radius 2 is 1.76 bits per heavy atom. The fourth-order valence-electron chi connectivity index (χ4n) is 2.12. The maximum Gasteiger partial charge on any atom is 0.416 e. The first-order valence-corrected chi connectivity index (χ1v) is 7.35. The van der Waals surface area contributed by atoms with Crippen molar-refractivity contribution in [1.29, 1.82) is 0 Å². The number of nitrogens with one attached hydrogen (secondary N) is 2. The molecule has 0 bridgehead atoms. The van der Waals surface area contributed by atoms with Gasteiger partial charge in [-0.05, 0) is 38.3 Å². The Hall–Kier alpha value is -1.46. The number of anilines is 2. The van der Waals surface area contributed by atoms with Crippen molar-refractivity contribution in [3.8, 4) is 0 Å². The van der Waals surface area contributed by atoms with Crippen LogP contribution in [0.4, 0.5) is 24.8 Å². The van der Waals surface area contributed by atoms with E-state index < -0.39 is 11.7 Å². The minimum atomic E-state index is -4.37. The van der Waals surface area contributed by atoms with E-state index in [1.54, 1.807) is 0 Å².